The number of hydrogen-bond acceptors (Lipinski definition) is 2. The fraction of sp³-hybridized carbons (Fsp3) is 0.417. The summed E-state index contributed by atoms with van der Waals surface area (Å²) in [5.41, 5.74) is 5.24. The molecule has 0 radical (unpaired) electrons. The standard InChI is InChI=1S/C24H27NO/c1-17-5-4-13-25(17)14-12-21-16-20-15-19(10-11-24(20)26-21)23-7-3-2-6-22(23)18-8-9-18/h2-3,6-7,10-11,15-18H,4-5,8-9,12-14H2,1H3/t17-/m1/s1. The van der Waals surface area contributed by atoms with Crippen LogP contribution in [0.3, 0.4) is 0 Å². The Morgan fingerprint density at radius 1 is 1.04 bits per heavy atom. The third kappa shape index (κ3) is 3.07. The van der Waals surface area contributed by atoms with Gasteiger partial charge in [-0.15, -0.1) is 0 Å². The van der Waals surface area contributed by atoms with Crippen LogP contribution in [0.1, 0.15) is 49.8 Å². The average molecular weight is 345 g/mol. The lowest BCUT2D eigenvalue weighted by molar-refractivity contribution is 0.266. The van der Waals surface area contributed by atoms with Crippen LogP contribution in [-0.4, -0.2) is 24.0 Å². The van der Waals surface area contributed by atoms with E-state index in [4.69, 9.17) is 4.42 Å². The number of hydrogen-bond donors (Lipinski definition) is 0. The lowest BCUT2D eigenvalue weighted by Gasteiger charge is -2.19. The maximum absolute atomic E-state index is 6.12. The molecule has 3 aromatic rings. The SMILES string of the molecule is C[C@@H]1CCCN1CCc1cc2cc(-c3ccccc3C3CC3)ccc2o1. The van der Waals surface area contributed by atoms with Crippen LogP contribution in [0, 0.1) is 0 Å². The van der Waals surface area contributed by atoms with Crippen LogP contribution in [0.5, 0.6) is 0 Å². The predicted molar refractivity (Wildman–Crippen MR) is 108 cm³/mol. The lowest BCUT2D eigenvalue weighted by Crippen LogP contribution is -2.28. The quantitative estimate of drug-likeness (QED) is 0.563. The summed E-state index contributed by atoms with van der Waals surface area (Å²) in [6.07, 6.45) is 6.36. The molecule has 26 heavy (non-hydrogen) atoms. The summed E-state index contributed by atoms with van der Waals surface area (Å²) in [5.74, 6) is 1.89. The van der Waals surface area contributed by atoms with Crippen molar-refractivity contribution >= 4 is 11.0 Å². The summed E-state index contributed by atoms with van der Waals surface area (Å²) >= 11 is 0. The Labute approximate surface area is 155 Å². The molecular formula is C24H27NO. The van der Waals surface area contributed by atoms with Crippen molar-refractivity contribution in [1.82, 2.24) is 4.90 Å². The van der Waals surface area contributed by atoms with E-state index in [1.807, 2.05) is 0 Å². The van der Waals surface area contributed by atoms with E-state index in [1.165, 1.54) is 54.3 Å². The minimum atomic E-state index is 0.727. The van der Waals surface area contributed by atoms with Crippen molar-refractivity contribution in [3.63, 3.8) is 0 Å². The molecule has 1 saturated carbocycles. The molecule has 2 nitrogen and oxygen atoms in total. The number of nitrogens with zero attached hydrogens (tertiary/aromatic N) is 1. The number of benzene rings is 2. The molecule has 2 heteroatoms. The molecule has 1 aromatic heterocycles. The third-order valence-corrected chi connectivity index (χ3v) is 6.19. The molecule has 1 aliphatic heterocycles. The molecule has 0 bridgehead atoms. The molecule has 5 rings (SSSR count). The zero-order chi connectivity index (χ0) is 17.5. The van der Waals surface area contributed by atoms with Gasteiger partial charge >= 0.3 is 0 Å². The van der Waals surface area contributed by atoms with Gasteiger partial charge in [0.25, 0.3) is 0 Å². The first-order valence-corrected chi connectivity index (χ1v) is 10.1. The molecule has 2 aliphatic rings. The van der Waals surface area contributed by atoms with Gasteiger partial charge in [-0.3, -0.25) is 0 Å². The molecule has 0 amide bonds. The minimum Gasteiger partial charge on any atom is -0.461 e. The van der Waals surface area contributed by atoms with E-state index in [-0.39, 0.29) is 0 Å². The van der Waals surface area contributed by atoms with E-state index in [9.17, 15) is 0 Å². The zero-order valence-corrected chi connectivity index (χ0v) is 15.6. The Morgan fingerprint density at radius 3 is 2.73 bits per heavy atom. The van der Waals surface area contributed by atoms with Crippen LogP contribution in [0.25, 0.3) is 22.1 Å². The highest BCUT2D eigenvalue weighted by Gasteiger charge is 2.26. The highest BCUT2D eigenvalue weighted by Crippen LogP contribution is 2.44. The Morgan fingerprint density at radius 2 is 1.92 bits per heavy atom. The summed E-state index contributed by atoms with van der Waals surface area (Å²) in [6, 6.07) is 18.6. The van der Waals surface area contributed by atoms with Crippen molar-refractivity contribution in [1.29, 1.82) is 0 Å². The second-order valence-electron chi connectivity index (χ2n) is 8.10. The average Bonchev–Trinajstić information content (AvgIpc) is 3.31. The second-order valence-corrected chi connectivity index (χ2v) is 8.10. The largest absolute Gasteiger partial charge is 0.461 e. The Kier molecular flexibility index (Phi) is 4.09. The fourth-order valence-corrected chi connectivity index (χ4v) is 4.48. The van der Waals surface area contributed by atoms with E-state index >= 15 is 0 Å². The Balaban J connectivity index is 1.40. The molecule has 1 aliphatic carbocycles. The third-order valence-electron chi connectivity index (χ3n) is 6.19. The summed E-state index contributed by atoms with van der Waals surface area (Å²) < 4.78 is 6.12. The van der Waals surface area contributed by atoms with Crippen molar-refractivity contribution in [3.8, 4) is 11.1 Å². The molecule has 1 saturated heterocycles. The monoisotopic (exact) mass is 345 g/mol. The zero-order valence-electron chi connectivity index (χ0n) is 15.6. The number of fused-ring (bicyclic) bond motifs is 1. The van der Waals surface area contributed by atoms with Gasteiger partial charge in [-0.05, 0) is 80.0 Å². The number of rotatable bonds is 5. The summed E-state index contributed by atoms with van der Waals surface area (Å²) in [4.78, 5) is 2.59. The van der Waals surface area contributed by atoms with Gasteiger partial charge in [-0.1, -0.05) is 30.3 Å². The molecule has 0 spiro atoms. The molecule has 0 N–H and O–H groups in total. The molecular weight excluding hydrogens is 318 g/mol. The van der Waals surface area contributed by atoms with Crippen molar-refractivity contribution in [2.75, 3.05) is 13.1 Å². The normalized spacial score (nSPS) is 20.9. The number of likely N-dealkylation sites (tertiary alicyclic amines) is 1. The Bertz CT molecular complexity index is 921. The van der Waals surface area contributed by atoms with Gasteiger partial charge in [0.15, 0.2) is 0 Å². The predicted octanol–water partition coefficient (Wildman–Crippen LogP) is 6.00. The van der Waals surface area contributed by atoms with Crippen LogP contribution in [-0.2, 0) is 6.42 Å². The fourth-order valence-electron chi connectivity index (χ4n) is 4.48. The van der Waals surface area contributed by atoms with Crippen molar-refractivity contribution in [3.05, 3.63) is 59.9 Å². The first-order chi connectivity index (χ1) is 12.8. The summed E-state index contributed by atoms with van der Waals surface area (Å²) in [7, 11) is 0. The number of furan rings is 1. The summed E-state index contributed by atoms with van der Waals surface area (Å²) in [6.45, 7) is 4.69. The molecule has 2 aromatic carbocycles. The van der Waals surface area contributed by atoms with E-state index in [1.54, 1.807) is 0 Å². The van der Waals surface area contributed by atoms with Gasteiger partial charge < -0.3 is 9.32 Å². The van der Waals surface area contributed by atoms with Crippen molar-refractivity contribution < 1.29 is 4.42 Å². The van der Waals surface area contributed by atoms with Crippen molar-refractivity contribution in [2.24, 2.45) is 0 Å². The topological polar surface area (TPSA) is 16.4 Å². The Hall–Kier alpha value is -2.06. The second kappa shape index (κ2) is 6.59. The molecule has 2 fully saturated rings. The smallest absolute Gasteiger partial charge is 0.134 e. The van der Waals surface area contributed by atoms with Crippen LogP contribution in [0.15, 0.2) is 52.9 Å². The highest BCUT2D eigenvalue weighted by atomic mass is 16.3. The van der Waals surface area contributed by atoms with Gasteiger partial charge in [0.05, 0.1) is 0 Å². The van der Waals surface area contributed by atoms with E-state index in [0.717, 1.165) is 36.3 Å². The van der Waals surface area contributed by atoms with E-state index < -0.39 is 0 Å². The van der Waals surface area contributed by atoms with Crippen LogP contribution < -0.4 is 0 Å². The van der Waals surface area contributed by atoms with E-state index in [2.05, 4.69) is 60.4 Å². The van der Waals surface area contributed by atoms with E-state index in [0.29, 0.717) is 0 Å². The lowest BCUT2D eigenvalue weighted by atomic mass is 9.96. The molecule has 2 heterocycles. The van der Waals surface area contributed by atoms with Gasteiger partial charge in [0.2, 0.25) is 0 Å². The minimum absolute atomic E-state index is 0.727. The van der Waals surface area contributed by atoms with Crippen LogP contribution in [0.4, 0.5) is 0 Å². The van der Waals surface area contributed by atoms with Crippen LogP contribution >= 0.6 is 0 Å². The first kappa shape index (κ1) is 16.1. The summed E-state index contributed by atoms with van der Waals surface area (Å²) in [5, 5.41) is 1.23. The van der Waals surface area contributed by atoms with Gasteiger partial charge in [0.1, 0.15) is 11.3 Å². The van der Waals surface area contributed by atoms with Crippen molar-refractivity contribution in [2.45, 2.75) is 51.0 Å². The van der Waals surface area contributed by atoms with Crippen LogP contribution in [0.2, 0.25) is 0 Å². The highest BCUT2D eigenvalue weighted by molar-refractivity contribution is 5.85. The molecule has 0 unspecified atom stereocenters. The van der Waals surface area contributed by atoms with Gasteiger partial charge in [0, 0.05) is 24.4 Å². The maximum Gasteiger partial charge on any atom is 0.134 e. The first-order valence-electron chi connectivity index (χ1n) is 10.1. The van der Waals surface area contributed by atoms with Gasteiger partial charge in [-0.25, -0.2) is 0 Å². The molecule has 1 atom stereocenters. The molecule has 134 valence electrons. The maximum atomic E-state index is 6.12. The van der Waals surface area contributed by atoms with Gasteiger partial charge in [-0.2, -0.15) is 0 Å².